The summed E-state index contributed by atoms with van der Waals surface area (Å²) < 4.78 is 5.80. The molecule has 4 heteroatoms. The fourth-order valence-electron chi connectivity index (χ4n) is 2.35. The Bertz CT molecular complexity index is 651. The van der Waals surface area contributed by atoms with E-state index in [1.54, 1.807) is 12.1 Å². The summed E-state index contributed by atoms with van der Waals surface area (Å²) in [6.07, 6.45) is 1.18. The number of amides is 1. The minimum atomic E-state index is -0.413. The number of carbonyl (C=O) groups is 1. The predicted molar refractivity (Wildman–Crippen MR) is 98.2 cm³/mol. The average molecular weight is 326 g/mol. The lowest BCUT2D eigenvalue weighted by atomic mass is 10.0. The molecule has 0 aromatic heterocycles. The van der Waals surface area contributed by atoms with E-state index >= 15 is 0 Å². The van der Waals surface area contributed by atoms with Gasteiger partial charge in [0.25, 0.3) is 0 Å². The molecule has 0 spiro atoms. The largest absolute Gasteiger partial charge is 0.492 e. The van der Waals surface area contributed by atoms with E-state index in [1.165, 1.54) is 6.42 Å². The SMILES string of the molecule is CC(C)CCNCCOc1cccc(-c2ccc(C(N)=O)cc2)c1. The van der Waals surface area contributed by atoms with Crippen LogP contribution in [0.3, 0.4) is 0 Å². The van der Waals surface area contributed by atoms with Gasteiger partial charge in [0.1, 0.15) is 12.4 Å². The molecule has 0 saturated carbocycles. The molecule has 2 rings (SSSR count). The molecule has 0 radical (unpaired) electrons. The third-order valence-corrected chi connectivity index (χ3v) is 3.78. The number of benzene rings is 2. The maximum Gasteiger partial charge on any atom is 0.248 e. The zero-order valence-electron chi connectivity index (χ0n) is 14.4. The zero-order chi connectivity index (χ0) is 17.4. The molecule has 0 aliphatic carbocycles. The van der Waals surface area contributed by atoms with Crippen molar-refractivity contribution in [3.63, 3.8) is 0 Å². The van der Waals surface area contributed by atoms with E-state index < -0.39 is 5.91 Å². The van der Waals surface area contributed by atoms with E-state index in [2.05, 4.69) is 19.2 Å². The molecule has 0 aliphatic rings. The van der Waals surface area contributed by atoms with Gasteiger partial charge in [0.15, 0.2) is 0 Å². The number of hydrogen-bond donors (Lipinski definition) is 2. The Kier molecular flexibility index (Phi) is 6.82. The highest BCUT2D eigenvalue weighted by Gasteiger charge is 2.03. The molecule has 1 amide bonds. The molecular formula is C20H26N2O2. The molecule has 0 saturated heterocycles. The Labute approximate surface area is 144 Å². The van der Waals surface area contributed by atoms with E-state index in [9.17, 15) is 4.79 Å². The first-order valence-corrected chi connectivity index (χ1v) is 8.40. The lowest BCUT2D eigenvalue weighted by Gasteiger charge is -2.10. The Hall–Kier alpha value is -2.33. The van der Waals surface area contributed by atoms with Crippen molar-refractivity contribution in [3.8, 4) is 16.9 Å². The van der Waals surface area contributed by atoms with Crippen molar-refractivity contribution in [2.45, 2.75) is 20.3 Å². The summed E-state index contributed by atoms with van der Waals surface area (Å²) in [5, 5.41) is 3.38. The molecule has 2 aromatic carbocycles. The Morgan fingerprint density at radius 2 is 1.83 bits per heavy atom. The quantitative estimate of drug-likeness (QED) is 0.694. The lowest BCUT2D eigenvalue weighted by Crippen LogP contribution is -2.23. The van der Waals surface area contributed by atoms with Crippen LogP contribution in [-0.2, 0) is 0 Å². The maximum atomic E-state index is 11.1. The number of nitrogens with one attached hydrogen (secondary N) is 1. The highest BCUT2D eigenvalue weighted by Crippen LogP contribution is 2.24. The summed E-state index contributed by atoms with van der Waals surface area (Å²) >= 11 is 0. The summed E-state index contributed by atoms with van der Waals surface area (Å²) in [5.74, 6) is 1.15. The maximum absolute atomic E-state index is 11.1. The number of carbonyl (C=O) groups excluding carboxylic acids is 1. The van der Waals surface area contributed by atoms with Gasteiger partial charge in [-0.05, 0) is 54.3 Å². The Balaban J connectivity index is 1.88. The van der Waals surface area contributed by atoms with Gasteiger partial charge >= 0.3 is 0 Å². The van der Waals surface area contributed by atoms with E-state index in [-0.39, 0.29) is 0 Å². The van der Waals surface area contributed by atoms with E-state index in [1.807, 2.05) is 36.4 Å². The van der Waals surface area contributed by atoms with Crippen molar-refractivity contribution in [1.29, 1.82) is 0 Å². The molecule has 0 unspecified atom stereocenters. The van der Waals surface area contributed by atoms with Crippen LogP contribution in [0.5, 0.6) is 5.75 Å². The van der Waals surface area contributed by atoms with Gasteiger partial charge in [0.2, 0.25) is 5.91 Å². The molecule has 24 heavy (non-hydrogen) atoms. The Morgan fingerprint density at radius 1 is 1.08 bits per heavy atom. The molecule has 4 nitrogen and oxygen atoms in total. The van der Waals surface area contributed by atoms with Gasteiger partial charge in [-0.25, -0.2) is 0 Å². The second kappa shape index (κ2) is 9.08. The lowest BCUT2D eigenvalue weighted by molar-refractivity contribution is 0.100. The van der Waals surface area contributed by atoms with Crippen LogP contribution in [0, 0.1) is 5.92 Å². The summed E-state index contributed by atoms with van der Waals surface area (Å²) in [4.78, 5) is 11.1. The molecule has 3 N–H and O–H groups in total. The molecule has 2 aromatic rings. The topological polar surface area (TPSA) is 64.3 Å². The number of primary amides is 1. The van der Waals surface area contributed by atoms with Gasteiger partial charge in [0.05, 0.1) is 0 Å². The second-order valence-corrected chi connectivity index (χ2v) is 6.25. The van der Waals surface area contributed by atoms with Crippen LogP contribution in [-0.4, -0.2) is 25.6 Å². The number of rotatable bonds is 9. The molecule has 128 valence electrons. The van der Waals surface area contributed by atoms with Crippen LogP contribution in [0.25, 0.3) is 11.1 Å². The summed E-state index contributed by atoms with van der Waals surface area (Å²) in [6, 6.07) is 15.2. The standard InChI is InChI=1S/C20H26N2O2/c1-15(2)10-11-22-12-13-24-19-5-3-4-18(14-19)16-6-8-17(9-7-16)20(21)23/h3-9,14-15,22H,10-13H2,1-2H3,(H2,21,23). The van der Waals surface area contributed by atoms with Crippen LogP contribution < -0.4 is 15.8 Å². The second-order valence-electron chi connectivity index (χ2n) is 6.25. The fourth-order valence-corrected chi connectivity index (χ4v) is 2.35. The smallest absolute Gasteiger partial charge is 0.248 e. The van der Waals surface area contributed by atoms with Crippen molar-refractivity contribution in [2.75, 3.05) is 19.7 Å². The Morgan fingerprint density at radius 3 is 2.50 bits per heavy atom. The van der Waals surface area contributed by atoms with Crippen LogP contribution in [0.15, 0.2) is 48.5 Å². The van der Waals surface area contributed by atoms with Crippen molar-refractivity contribution >= 4 is 5.91 Å². The van der Waals surface area contributed by atoms with Crippen molar-refractivity contribution in [3.05, 3.63) is 54.1 Å². The minimum Gasteiger partial charge on any atom is -0.492 e. The molecule has 0 bridgehead atoms. The monoisotopic (exact) mass is 326 g/mol. The van der Waals surface area contributed by atoms with Crippen LogP contribution in [0.1, 0.15) is 30.6 Å². The molecular weight excluding hydrogens is 300 g/mol. The first kappa shape index (κ1) is 18.0. The van der Waals surface area contributed by atoms with Crippen LogP contribution in [0.2, 0.25) is 0 Å². The van der Waals surface area contributed by atoms with E-state index in [4.69, 9.17) is 10.5 Å². The highest BCUT2D eigenvalue weighted by molar-refractivity contribution is 5.93. The van der Waals surface area contributed by atoms with Crippen LogP contribution >= 0.6 is 0 Å². The molecule has 0 heterocycles. The van der Waals surface area contributed by atoms with E-state index in [0.717, 1.165) is 35.9 Å². The van der Waals surface area contributed by atoms with Gasteiger partial charge in [-0.3, -0.25) is 4.79 Å². The predicted octanol–water partition coefficient (Wildman–Crippen LogP) is 3.47. The summed E-state index contributed by atoms with van der Waals surface area (Å²) in [5.41, 5.74) is 7.86. The third-order valence-electron chi connectivity index (χ3n) is 3.78. The van der Waals surface area contributed by atoms with Gasteiger partial charge in [0, 0.05) is 12.1 Å². The number of ether oxygens (including phenoxy) is 1. The van der Waals surface area contributed by atoms with Crippen LogP contribution in [0.4, 0.5) is 0 Å². The van der Waals surface area contributed by atoms with E-state index in [0.29, 0.717) is 12.2 Å². The van der Waals surface area contributed by atoms with Gasteiger partial charge < -0.3 is 15.8 Å². The third kappa shape index (κ3) is 5.70. The molecule has 0 fully saturated rings. The van der Waals surface area contributed by atoms with Gasteiger partial charge in [-0.2, -0.15) is 0 Å². The first-order valence-electron chi connectivity index (χ1n) is 8.40. The fraction of sp³-hybridized carbons (Fsp3) is 0.350. The molecule has 0 aliphatic heterocycles. The normalized spacial score (nSPS) is 10.8. The number of nitrogens with two attached hydrogens (primary N) is 1. The first-order chi connectivity index (χ1) is 11.6. The summed E-state index contributed by atoms with van der Waals surface area (Å²) in [7, 11) is 0. The highest BCUT2D eigenvalue weighted by atomic mass is 16.5. The van der Waals surface area contributed by atoms with Crippen molar-refractivity contribution in [1.82, 2.24) is 5.32 Å². The summed E-state index contributed by atoms with van der Waals surface area (Å²) in [6.45, 7) is 6.94. The van der Waals surface area contributed by atoms with Crippen molar-refractivity contribution in [2.24, 2.45) is 11.7 Å². The van der Waals surface area contributed by atoms with Gasteiger partial charge in [-0.1, -0.05) is 38.1 Å². The van der Waals surface area contributed by atoms with Gasteiger partial charge in [-0.15, -0.1) is 0 Å². The number of hydrogen-bond acceptors (Lipinski definition) is 3. The molecule has 0 atom stereocenters. The average Bonchev–Trinajstić information content (AvgIpc) is 2.58. The minimum absolute atomic E-state index is 0.413. The van der Waals surface area contributed by atoms with Crippen molar-refractivity contribution < 1.29 is 9.53 Å². The zero-order valence-corrected chi connectivity index (χ0v) is 14.4.